The van der Waals surface area contributed by atoms with Gasteiger partial charge in [-0.05, 0) is 43.0 Å². The van der Waals surface area contributed by atoms with Gasteiger partial charge < -0.3 is 10.6 Å². The molecule has 156 valence electrons. The fourth-order valence-electron chi connectivity index (χ4n) is 3.92. The number of amides is 1. The summed E-state index contributed by atoms with van der Waals surface area (Å²) in [6.45, 7) is 5.25. The van der Waals surface area contributed by atoms with Crippen LogP contribution in [-0.4, -0.2) is 72.7 Å². The van der Waals surface area contributed by atoms with E-state index in [-0.39, 0.29) is 0 Å². The molecule has 0 spiro atoms. The van der Waals surface area contributed by atoms with Gasteiger partial charge in [-0.25, -0.2) is 0 Å². The summed E-state index contributed by atoms with van der Waals surface area (Å²) >= 11 is 6.43. The second kappa shape index (κ2) is 8.68. The summed E-state index contributed by atoms with van der Waals surface area (Å²) in [6, 6.07) is 11.2. The first-order chi connectivity index (χ1) is 14.5. The number of benzene rings is 1. The number of primary amides is 1. The summed E-state index contributed by atoms with van der Waals surface area (Å²) in [4.78, 5) is 26.4. The van der Waals surface area contributed by atoms with E-state index in [0.29, 0.717) is 11.6 Å². The van der Waals surface area contributed by atoms with Crippen molar-refractivity contribution in [1.29, 1.82) is 0 Å². The van der Waals surface area contributed by atoms with Gasteiger partial charge in [0.15, 0.2) is 0 Å². The number of nitrogens with two attached hydrogens (primary N) is 1. The van der Waals surface area contributed by atoms with Crippen molar-refractivity contribution >= 4 is 23.2 Å². The van der Waals surface area contributed by atoms with Crippen LogP contribution in [0.25, 0.3) is 11.3 Å². The lowest BCUT2D eigenvalue weighted by Gasteiger charge is -2.34. The molecule has 0 bridgehead atoms. The number of likely N-dealkylation sites (N-methyl/N-ethyl adjacent to an activating group) is 1. The largest absolute Gasteiger partial charge is 0.369 e. The lowest BCUT2D eigenvalue weighted by Crippen LogP contribution is -2.47. The first-order valence-electron chi connectivity index (χ1n) is 10.1. The van der Waals surface area contributed by atoms with Crippen LogP contribution in [0.3, 0.4) is 0 Å². The van der Waals surface area contributed by atoms with Gasteiger partial charge in [0, 0.05) is 55.2 Å². The van der Waals surface area contributed by atoms with Crippen molar-refractivity contribution in [3.8, 4) is 11.3 Å². The molecule has 6 nitrogen and oxygen atoms in total. The number of hydrogen-bond acceptors (Lipinski definition) is 5. The molecule has 1 unspecified atom stereocenters. The average molecular weight is 424 g/mol. The third-order valence-corrected chi connectivity index (χ3v) is 6.26. The molecular weight excluding hydrogens is 398 g/mol. The van der Waals surface area contributed by atoms with Crippen LogP contribution >= 0.6 is 11.6 Å². The summed E-state index contributed by atoms with van der Waals surface area (Å²) in [5.74, 6) is -0.421. The molecule has 1 fully saturated rings. The van der Waals surface area contributed by atoms with Gasteiger partial charge in [0.2, 0.25) is 5.91 Å². The van der Waals surface area contributed by atoms with Gasteiger partial charge in [-0.3, -0.25) is 19.7 Å². The molecule has 2 aliphatic heterocycles. The zero-order valence-electron chi connectivity index (χ0n) is 17.1. The van der Waals surface area contributed by atoms with Gasteiger partial charge in [0.1, 0.15) is 5.41 Å². The van der Waals surface area contributed by atoms with Crippen LogP contribution in [0.15, 0.2) is 59.7 Å². The van der Waals surface area contributed by atoms with Crippen molar-refractivity contribution < 1.29 is 4.79 Å². The summed E-state index contributed by atoms with van der Waals surface area (Å²) in [6.07, 6.45) is 5.57. The number of piperazine rings is 1. The number of aromatic nitrogens is 1. The van der Waals surface area contributed by atoms with E-state index >= 15 is 0 Å². The Bertz CT molecular complexity index is 982. The van der Waals surface area contributed by atoms with Crippen molar-refractivity contribution in [2.24, 2.45) is 10.7 Å². The molecule has 2 aliphatic rings. The Labute approximate surface area is 182 Å². The minimum Gasteiger partial charge on any atom is -0.369 e. The molecule has 2 N–H and O–H groups in total. The normalized spacial score (nSPS) is 22.7. The summed E-state index contributed by atoms with van der Waals surface area (Å²) in [5.41, 5.74) is 8.18. The zero-order valence-corrected chi connectivity index (χ0v) is 17.8. The van der Waals surface area contributed by atoms with E-state index in [0.717, 1.165) is 55.3 Å². The molecule has 0 saturated carbocycles. The minimum atomic E-state index is -0.986. The fraction of sp³-hybridized carbons (Fsp3) is 0.348. The van der Waals surface area contributed by atoms with Crippen molar-refractivity contribution in [2.75, 3.05) is 46.3 Å². The third-order valence-electron chi connectivity index (χ3n) is 5.94. The highest BCUT2D eigenvalue weighted by Crippen LogP contribution is 2.35. The van der Waals surface area contributed by atoms with Gasteiger partial charge in [0.05, 0.1) is 12.2 Å². The van der Waals surface area contributed by atoms with Gasteiger partial charge in [-0.15, -0.1) is 0 Å². The van der Waals surface area contributed by atoms with Crippen LogP contribution in [-0.2, 0) is 10.2 Å². The van der Waals surface area contributed by atoms with Crippen molar-refractivity contribution in [3.05, 3.63) is 65.3 Å². The number of dihydropyridines is 1. The second-order valence-electron chi connectivity index (χ2n) is 7.97. The van der Waals surface area contributed by atoms with Crippen LogP contribution < -0.4 is 5.73 Å². The minimum absolute atomic E-state index is 0.297. The van der Waals surface area contributed by atoms with Gasteiger partial charge in [-0.2, -0.15) is 0 Å². The van der Waals surface area contributed by atoms with Gasteiger partial charge >= 0.3 is 0 Å². The number of halogens is 1. The lowest BCUT2D eigenvalue weighted by atomic mass is 9.77. The molecule has 0 aliphatic carbocycles. The Morgan fingerprint density at radius 3 is 2.63 bits per heavy atom. The maximum Gasteiger partial charge on any atom is 0.233 e. The fourth-order valence-corrected chi connectivity index (χ4v) is 4.13. The highest BCUT2D eigenvalue weighted by molar-refractivity contribution is 6.33. The molecular formula is C23H26ClN5O. The third kappa shape index (κ3) is 4.17. The first-order valence-corrected chi connectivity index (χ1v) is 10.5. The summed E-state index contributed by atoms with van der Waals surface area (Å²) in [7, 11) is 2.14. The Hall–Kier alpha value is -2.54. The average Bonchev–Trinajstić information content (AvgIpc) is 2.77. The number of carbonyl (C=O) groups excluding carboxylic acids is 1. The molecule has 1 aromatic carbocycles. The van der Waals surface area contributed by atoms with E-state index in [1.54, 1.807) is 12.3 Å². The molecule has 4 rings (SSSR count). The predicted octanol–water partition coefficient (Wildman–Crippen LogP) is 2.38. The van der Waals surface area contributed by atoms with E-state index in [1.165, 1.54) is 0 Å². The number of pyridine rings is 1. The van der Waals surface area contributed by atoms with Crippen molar-refractivity contribution in [2.45, 2.75) is 5.41 Å². The first kappa shape index (κ1) is 20.7. The number of rotatable bonds is 5. The Morgan fingerprint density at radius 1 is 1.20 bits per heavy atom. The highest BCUT2D eigenvalue weighted by Gasteiger charge is 2.38. The standard InChI is InChI=1S/C23H26ClN5O/c1-28-10-12-29(13-11-28)15-18-7-8-23(16-27-18,22(25)30)17-5-6-20(24)19(14-17)21-4-2-3-9-26-21/h2-9,14H,10-13,15-16H2,1H3,(H2,25,30). The Balaban J connectivity index is 1.59. The molecule has 2 aromatic rings. The van der Waals surface area contributed by atoms with Crippen LogP contribution in [0.4, 0.5) is 0 Å². The molecule has 0 radical (unpaired) electrons. The van der Waals surface area contributed by atoms with Crippen LogP contribution in [0.5, 0.6) is 0 Å². The van der Waals surface area contributed by atoms with Gasteiger partial charge in [0.25, 0.3) is 0 Å². The predicted molar refractivity (Wildman–Crippen MR) is 121 cm³/mol. The summed E-state index contributed by atoms with van der Waals surface area (Å²) < 4.78 is 0. The summed E-state index contributed by atoms with van der Waals surface area (Å²) in [5, 5.41) is 0.580. The topological polar surface area (TPSA) is 74.8 Å². The molecule has 7 heteroatoms. The second-order valence-corrected chi connectivity index (χ2v) is 8.37. The van der Waals surface area contributed by atoms with Crippen LogP contribution in [0.1, 0.15) is 5.56 Å². The molecule has 3 heterocycles. The SMILES string of the molecule is CN1CCN(CC2=NCC(C(N)=O)(c3ccc(Cl)c(-c4ccccn4)c3)C=C2)CC1. The number of carbonyl (C=O) groups is 1. The van der Waals surface area contributed by atoms with Crippen molar-refractivity contribution in [1.82, 2.24) is 14.8 Å². The Kier molecular flexibility index (Phi) is 5.99. The van der Waals surface area contributed by atoms with E-state index in [9.17, 15) is 4.79 Å². The molecule has 1 atom stereocenters. The van der Waals surface area contributed by atoms with E-state index in [1.807, 2.05) is 42.5 Å². The van der Waals surface area contributed by atoms with E-state index in [2.05, 4.69) is 21.8 Å². The van der Waals surface area contributed by atoms with E-state index in [4.69, 9.17) is 22.3 Å². The number of aliphatic imine (C=N–C) groups is 1. The lowest BCUT2D eigenvalue weighted by molar-refractivity contribution is -0.121. The van der Waals surface area contributed by atoms with E-state index < -0.39 is 11.3 Å². The molecule has 1 amide bonds. The molecule has 1 aromatic heterocycles. The monoisotopic (exact) mass is 423 g/mol. The van der Waals surface area contributed by atoms with Crippen LogP contribution in [0.2, 0.25) is 5.02 Å². The molecule has 30 heavy (non-hydrogen) atoms. The van der Waals surface area contributed by atoms with Crippen molar-refractivity contribution in [3.63, 3.8) is 0 Å². The zero-order chi connectivity index (χ0) is 21.1. The maximum absolute atomic E-state index is 12.6. The smallest absolute Gasteiger partial charge is 0.233 e. The molecule has 1 saturated heterocycles. The number of nitrogens with zero attached hydrogens (tertiary/aromatic N) is 4. The Morgan fingerprint density at radius 2 is 2.00 bits per heavy atom. The highest BCUT2D eigenvalue weighted by atomic mass is 35.5. The quantitative estimate of drug-likeness (QED) is 0.801. The van der Waals surface area contributed by atoms with Crippen LogP contribution in [0, 0.1) is 0 Å². The maximum atomic E-state index is 12.6. The number of hydrogen-bond donors (Lipinski definition) is 1. The van der Waals surface area contributed by atoms with Gasteiger partial charge in [-0.1, -0.05) is 29.8 Å².